The summed E-state index contributed by atoms with van der Waals surface area (Å²) in [6.07, 6.45) is 0.142. The number of rotatable bonds is 0. The zero-order valence-corrected chi connectivity index (χ0v) is 5.26. The second-order valence-corrected chi connectivity index (χ2v) is 2.68. The van der Waals surface area contributed by atoms with Gasteiger partial charge < -0.3 is 10.1 Å². The van der Waals surface area contributed by atoms with E-state index in [1.165, 1.54) is 0 Å². The Morgan fingerprint density at radius 3 is 3.00 bits per heavy atom. The normalized spacial score (nSPS) is 47.7. The highest BCUT2D eigenvalue weighted by Crippen LogP contribution is 2.27. The molecule has 2 saturated heterocycles. The Labute approximate surface area is 53.4 Å². The van der Waals surface area contributed by atoms with Gasteiger partial charge >= 0.3 is 0 Å². The third-order valence-corrected chi connectivity index (χ3v) is 2.11. The quantitative estimate of drug-likeness (QED) is 0.446. The summed E-state index contributed by atoms with van der Waals surface area (Å²) < 4.78 is 5.23. The highest BCUT2D eigenvalue weighted by atomic mass is 16.5. The molecule has 3 heteroatoms. The van der Waals surface area contributed by atoms with E-state index in [-0.39, 0.29) is 17.9 Å². The standard InChI is InChI=1S/C6H9NO2/c1-3-5-4(2-9-3)7-6(5)8/h3-5H,2H2,1H3,(H,7,8)/t3-,4-,5+/m0/s1. The molecule has 2 heterocycles. The summed E-state index contributed by atoms with van der Waals surface area (Å²) in [7, 11) is 0. The molecule has 2 aliphatic rings. The van der Waals surface area contributed by atoms with Crippen molar-refractivity contribution in [3.63, 3.8) is 0 Å². The minimum atomic E-state index is 0.142. The van der Waals surface area contributed by atoms with Crippen LogP contribution in [-0.4, -0.2) is 24.7 Å². The van der Waals surface area contributed by atoms with Gasteiger partial charge in [-0.3, -0.25) is 4.79 Å². The summed E-state index contributed by atoms with van der Waals surface area (Å²) >= 11 is 0. The first kappa shape index (κ1) is 5.23. The van der Waals surface area contributed by atoms with Crippen molar-refractivity contribution in [2.75, 3.05) is 6.61 Å². The van der Waals surface area contributed by atoms with Gasteiger partial charge in [0.2, 0.25) is 5.91 Å². The van der Waals surface area contributed by atoms with Crippen LogP contribution in [0.2, 0.25) is 0 Å². The Morgan fingerprint density at radius 2 is 2.56 bits per heavy atom. The van der Waals surface area contributed by atoms with Gasteiger partial charge in [-0.05, 0) is 6.92 Å². The van der Waals surface area contributed by atoms with Crippen LogP contribution in [0.4, 0.5) is 0 Å². The molecule has 2 aliphatic heterocycles. The van der Waals surface area contributed by atoms with E-state index in [1.54, 1.807) is 0 Å². The molecule has 1 N–H and O–H groups in total. The molecule has 9 heavy (non-hydrogen) atoms. The molecule has 0 aromatic heterocycles. The Hall–Kier alpha value is -0.570. The smallest absolute Gasteiger partial charge is 0.228 e. The van der Waals surface area contributed by atoms with Gasteiger partial charge in [0.15, 0.2) is 0 Å². The van der Waals surface area contributed by atoms with Crippen LogP contribution in [0.5, 0.6) is 0 Å². The van der Waals surface area contributed by atoms with Crippen molar-refractivity contribution < 1.29 is 9.53 Å². The zero-order valence-electron chi connectivity index (χ0n) is 5.26. The SMILES string of the molecule is C[C@@H]1OC[C@@H]2NC(=O)[C@@H]21. The molecule has 0 aromatic rings. The Kier molecular flexibility index (Phi) is 0.858. The maximum absolute atomic E-state index is 10.7. The van der Waals surface area contributed by atoms with Crippen molar-refractivity contribution >= 4 is 5.91 Å². The summed E-state index contributed by atoms with van der Waals surface area (Å²) in [5, 5.41) is 2.77. The minimum absolute atomic E-state index is 0.142. The molecule has 0 radical (unpaired) electrons. The van der Waals surface area contributed by atoms with Gasteiger partial charge in [0.25, 0.3) is 0 Å². The number of β-lactam (4-membered cyclic amide) rings is 1. The van der Waals surface area contributed by atoms with Gasteiger partial charge in [0.1, 0.15) is 0 Å². The molecule has 2 rings (SSSR count). The van der Waals surface area contributed by atoms with E-state index in [9.17, 15) is 4.79 Å². The van der Waals surface area contributed by atoms with Crippen LogP contribution in [0.3, 0.4) is 0 Å². The van der Waals surface area contributed by atoms with Crippen molar-refractivity contribution in [2.24, 2.45) is 5.92 Å². The lowest BCUT2D eigenvalue weighted by Gasteiger charge is -2.30. The topological polar surface area (TPSA) is 38.3 Å². The van der Waals surface area contributed by atoms with Gasteiger partial charge in [-0.1, -0.05) is 0 Å². The number of hydrogen-bond donors (Lipinski definition) is 1. The molecule has 0 aliphatic carbocycles. The number of carbonyl (C=O) groups excluding carboxylic acids is 1. The van der Waals surface area contributed by atoms with Crippen LogP contribution >= 0.6 is 0 Å². The molecule has 3 nitrogen and oxygen atoms in total. The first-order valence-corrected chi connectivity index (χ1v) is 3.21. The Balaban J connectivity index is 2.14. The monoisotopic (exact) mass is 127 g/mol. The van der Waals surface area contributed by atoms with Crippen molar-refractivity contribution in [1.29, 1.82) is 0 Å². The molecule has 0 spiro atoms. The molecule has 2 fully saturated rings. The van der Waals surface area contributed by atoms with Crippen molar-refractivity contribution in [3.8, 4) is 0 Å². The summed E-state index contributed by atoms with van der Waals surface area (Å²) in [4.78, 5) is 10.7. The highest BCUT2D eigenvalue weighted by Gasteiger charge is 2.48. The predicted octanol–water partition coefficient (Wildman–Crippen LogP) is -0.480. The lowest BCUT2D eigenvalue weighted by Crippen LogP contribution is -2.58. The fourth-order valence-corrected chi connectivity index (χ4v) is 1.50. The van der Waals surface area contributed by atoms with Gasteiger partial charge in [-0.2, -0.15) is 0 Å². The third-order valence-electron chi connectivity index (χ3n) is 2.11. The fourth-order valence-electron chi connectivity index (χ4n) is 1.50. The second-order valence-electron chi connectivity index (χ2n) is 2.68. The van der Waals surface area contributed by atoms with Crippen LogP contribution in [0.1, 0.15) is 6.92 Å². The van der Waals surface area contributed by atoms with Gasteiger partial charge in [0.05, 0.1) is 24.7 Å². The van der Waals surface area contributed by atoms with E-state index in [1.807, 2.05) is 6.92 Å². The lowest BCUT2D eigenvalue weighted by atomic mass is 9.89. The van der Waals surface area contributed by atoms with Crippen LogP contribution in [-0.2, 0) is 9.53 Å². The van der Waals surface area contributed by atoms with E-state index in [0.717, 1.165) is 0 Å². The zero-order chi connectivity index (χ0) is 6.43. The molecular weight excluding hydrogens is 118 g/mol. The number of fused-ring (bicyclic) bond motifs is 1. The molecule has 50 valence electrons. The molecule has 0 unspecified atom stereocenters. The third kappa shape index (κ3) is 0.525. The van der Waals surface area contributed by atoms with E-state index in [2.05, 4.69) is 5.32 Å². The molecule has 0 bridgehead atoms. The maximum Gasteiger partial charge on any atom is 0.228 e. The van der Waals surface area contributed by atoms with E-state index >= 15 is 0 Å². The van der Waals surface area contributed by atoms with Crippen molar-refractivity contribution in [1.82, 2.24) is 5.32 Å². The number of amides is 1. The van der Waals surface area contributed by atoms with E-state index < -0.39 is 0 Å². The van der Waals surface area contributed by atoms with Crippen LogP contribution < -0.4 is 5.32 Å². The lowest BCUT2D eigenvalue weighted by molar-refractivity contribution is -0.134. The summed E-state index contributed by atoms with van der Waals surface area (Å²) in [6, 6.07) is 0.326. The number of nitrogens with one attached hydrogen (secondary N) is 1. The fraction of sp³-hybridized carbons (Fsp3) is 0.833. The van der Waals surface area contributed by atoms with Gasteiger partial charge in [-0.25, -0.2) is 0 Å². The van der Waals surface area contributed by atoms with E-state index in [0.29, 0.717) is 12.6 Å². The summed E-state index contributed by atoms with van der Waals surface area (Å²) in [6.45, 7) is 2.65. The van der Waals surface area contributed by atoms with Crippen LogP contribution in [0.25, 0.3) is 0 Å². The van der Waals surface area contributed by atoms with Crippen LogP contribution in [0, 0.1) is 5.92 Å². The number of hydrogen-bond acceptors (Lipinski definition) is 2. The Bertz CT molecular complexity index is 151. The number of carbonyl (C=O) groups is 1. The van der Waals surface area contributed by atoms with E-state index in [4.69, 9.17) is 4.74 Å². The molecule has 0 aromatic carbocycles. The summed E-state index contributed by atoms with van der Waals surface area (Å²) in [5.41, 5.74) is 0. The molecular formula is C6H9NO2. The maximum atomic E-state index is 10.7. The number of ether oxygens (including phenoxy) is 1. The minimum Gasteiger partial charge on any atom is -0.375 e. The van der Waals surface area contributed by atoms with Crippen molar-refractivity contribution in [3.05, 3.63) is 0 Å². The first-order chi connectivity index (χ1) is 4.29. The first-order valence-electron chi connectivity index (χ1n) is 3.21. The molecule has 0 saturated carbocycles. The van der Waals surface area contributed by atoms with Crippen molar-refractivity contribution in [2.45, 2.75) is 19.1 Å². The highest BCUT2D eigenvalue weighted by molar-refractivity contribution is 5.86. The Morgan fingerprint density at radius 1 is 1.78 bits per heavy atom. The van der Waals surface area contributed by atoms with Crippen LogP contribution in [0.15, 0.2) is 0 Å². The molecule has 1 amide bonds. The predicted molar refractivity (Wildman–Crippen MR) is 30.8 cm³/mol. The molecule has 3 atom stereocenters. The largest absolute Gasteiger partial charge is 0.375 e. The average molecular weight is 127 g/mol. The summed E-state index contributed by atoms with van der Waals surface area (Å²) in [5.74, 6) is 0.315. The average Bonchev–Trinajstić information content (AvgIpc) is 2.04. The second kappa shape index (κ2) is 1.48. The van der Waals surface area contributed by atoms with Gasteiger partial charge in [-0.15, -0.1) is 0 Å². The van der Waals surface area contributed by atoms with Gasteiger partial charge in [0, 0.05) is 0 Å².